The van der Waals surface area contributed by atoms with E-state index in [0.717, 1.165) is 17.6 Å². The first-order valence-corrected chi connectivity index (χ1v) is 14.0. The van der Waals surface area contributed by atoms with Crippen LogP contribution in [0.3, 0.4) is 0 Å². The van der Waals surface area contributed by atoms with Crippen LogP contribution in [0.4, 0.5) is 11.6 Å². The predicted octanol–water partition coefficient (Wildman–Crippen LogP) is 3.06. The molecular formula is C19H19ClN4O7S3. The second-order valence-electron chi connectivity index (χ2n) is 7.29. The van der Waals surface area contributed by atoms with Crippen molar-refractivity contribution in [3.05, 3.63) is 55.9 Å². The van der Waals surface area contributed by atoms with Crippen LogP contribution in [0, 0.1) is 20.8 Å². The van der Waals surface area contributed by atoms with E-state index in [-0.39, 0.29) is 37.6 Å². The first-order chi connectivity index (χ1) is 15.7. The number of nitrogens with one attached hydrogen (secondary N) is 3. The zero-order valence-corrected chi connectivity index (χ0v) is 21.4. The number of hydrogen-bond donors (Lipinski definition) is 3. The highest BCUT2D eigenvalue weighted by atomic mass is 35.5. The number of benzene rings is 1. The molecule has 15 heteroatoms. The van der Waals surface area contributed by atoms with Gasteiger partial charge in [0.05, 0.1) is 17.5 Å². The lowest BCUT2D eigenvalue weighted by atomic mass is 10.0. The Bertz CT molecular complexity index is 1510. The molecule has 0 bridgehead atoms. The van der Waals surface area contributed by atoms with Gasteiger partial charge >= 0.3 is 0 Å². The monoisotopic (exact) mass is 546 g/mol. The largest absolute Gasteiger partial charge is 0.336 e. The predicted molar refractivity (Wildman–Crippen MR) is 128 cm³/mol. The summed E-state index contributed by atoms with van der Waals surface area (Å²) in [6, 6.07) is 4.30. The number of anilines is 2. The van der Waals surface area contributed by atoms with Gasteiger partial charge in [0.25, 0.3) is 27.7 Å². The summed E-state index contributed by atoms with van der Waals surface area (Å²) < 4.78 is 57.7. The SMILES string of the molecule is Cc1cc(C)c(NC(=O)c2sccc2S(=O)(=O)Nc2onc(C)c2Cl)c(C(=O)NS(C)(=O)=O)c1. The fraction of sp³-hybridized carbons (Fsp3) is 0.211. The van der Waals surface area contributed by atoms with Crippen molar-refractivity contribution in [2.45, 2.75) is 25.7 Å². The summed E-state index contributed by atoms with van der Waals surface area (Å²) in [7, 11) is -8.16. The van der Waals surface area contributed by atoms with Crippen molar-refractivity contribution in [1.29, 1.82) is 0 Å². The Labute approximate surface area is 204 Å². The second-order valence-corrected chi connectivity index (χ2v) is 12.0. The number of halogens is 1. The Morgan fingerprint density at radius 1 is 1.09 bits per heavy atom. The quantitative estimate of drug-likeness (QED) is 0.406. The summed E-state index contributed by atoms with van der Waals surface area (Å²) in [5, 5.41) is 7.47. The van der Waals surface area contributed by atoms with Gasteiger partial charge in [-0.1, -0.05) is 22.8 Å². The van der Waals surface area contributed by atoms with E-state index in [0.29, 0.717) is 11.1 Å². The molecule has 0 unspecified atom stereocenters. The van der Waals surface area contributed by atoms with Gasteiger partial charge in [0.2, 0.25) is 10.0 Å². The van der Waals surface area contributed by atoms with Crippen LogP contribution in [0.5, 0.6) is 0 Å². The van der Waals surface area contributed by atoms with Crippen molar-refractivity contribution < 1.29 is 30.9 Å². The molecule has 0 atom stereocenters. The molecule has 2 amide bonds. The van der Waals surface area contributed by atoms with Crippen LogP contribution in [-0.2, 0) is 20.0 Å². The molecule has 0 saturated carbocycles. The number of hydrogen-bond acceptors (Lipinski definition) is 9. The maximum Gasteiger partial charge on any atom is 0.267 e. The van der Waals surface area contributed by atoms with Crippen molar-refractivity contribution in [2.24, 2.45) is 0 Å². The molecule has 3 aromatic rings. The van der Waals surface area contributed by atoms with Crippen molar-refractivity contribution in [3.63, 3.8) is 0 Å². The van der Waals surface area contributed by atoms with E-state index in [4.69, 9.17) is 16.1 Å². The zero-order chi connectivity index (χ0) is 25.4. The molecule has 0 radical (unpaired) electrons. The number of aryl methyl sites for hydroxylation is 3. The lowest BCUT2D eigenvalue weighted by molar-refractivity contribution is 0.0982. The summed E-state index contributed by atoms with van der Waals surface area (Å²) in [4.78, 5) is 25.1. The minimum Gasteiger partial charge on any atom is -0.336 e. The first kappa shape index (κ1) is 25.7. The zero-order valence-electron chi connectivity index (χ0n) is 18.2. The minimum atomic E-state index is -4.29. The lowest BCUT2D eigenvalue weighted by Crippen LogP contribution is -2.30. The molecule has 2 aromatic heterocycles. The molecule has 11 nitrogen and oxygen atoms in total. The third-order valence-corrected chi connectivity index (χ3v) is 7.80. The van der Waals surface area contributed by atoms with Crippen LogP contribution in [-0.4, -0.2) is 40.1 Å². The fourth-order valence-electron chi connectivity index (χ4n) is 2.98. The minimum absolute atomic E-state index is 0.0263. The molecule has 0 aliphatic rings. The molecule has 0 aliphatic heterocycles. The average Bonchev–Trinajstić information content (AvgIpc) is 3.32. The van der Waals surface area contributed by atoms with Gasteiger partial charge in [0.1, 0.15) is 20.5 Å². The molecular weight excluding hydrogens is 528 g/mol. The second kappa shape index (κ2) is 9.37. The summed E-state index contributed by atoms with van der Waals surface area (Å²) >= 11 is 6.82. The van der Waals surface area contributed by atoms with E-state index in [1.165, 1.54) is 24.4 Å². The number of aromatic nitrogens is 1. The number of carbonyl (C=O) groups is 2. The maximum absolute atomic E-state index is 13.1. The van der Waals surface area contributed by atoms with E-state index in [1.807, 2.05) is 4.72 Å². The molecule has 1 aromatic carbocycles. The first-order valence-electron chi connectivity index (χ1n) is 9.36. The fourth-order valence-corrected chi connectivity index (χ4v) is 5.92. The van der Waals surface area contributed by atoms with Crippen LogP contribution in [0.1, 0.15) is 36.9 Å². The topological polar surface area (TPSA) is 165 Å². The Kier molecular flexibility index (Phi) is 7.07. The Balaban J connectivity index is 1.96. The molecule has 34 heavy (non-hydrogen) atoms. The number of carbonyl (C=O) groups excluding carboxylic acids is 2. The Morgan fingerprint density at radius 3 is 2.35 bits per heavy atom. The number of rotatable bonds is 7. The summed E-state index contributed by atoms with van der Waals surface area (Å²) in [5.41, 5.74) is 1.33. The van der Waals surface area contributed by atoms with Crippen molar-refractivity contribution in [1.82, 2.24) is 9.88 Å². The van der Waals surface area contributed by atoms with Gasteiger partial charge in [-0.3, -0.25) is 9.59 Å². The number of thiophene rings is 1. The third kappa shape index (κ3) is 5.58. The van der Waals surface area contributed by atoms with Gasteiger partial charge in [-0.2, -0.15) is 0 Å². The van der Waals surface area contributed by atoms with E-state index < -0.39 is 31.9 Å². The van der Waals surface area contributed by atoms with Gasteiger partial charge in [-0.15, -0.1) is 11.3 Å². The van der Waals surface area contributed by atoms with Crippen LogP contribution in [0.2, 0.25) is 5.02 Å². The van der Waals surface area contributed by atoms with Gasteiger partial charge < -0.3 is 9.84 Å². The normalized spacial score (nSPS) is 11.8. The van der Waals surface area contributed by atoms with Gasteiger partial charge in [0.15, 0.2) is 0 Å². The lowest BCUT2D eigenvalue weighted by Gasteiger charge is -2.15. The summed E-state index contributed by atoms with van der Waals surface area (Å²) in [5.74, 6) is -2.07. The van der Waals surface area contributed by atoms with Crippen molar-refractivity contribution >= 4 is 66.4 Å². The van der Waals surface area contributed by atoms with Crippen LogP contribution in [0.15, 0.2) is 33.0 Å². The van der Waals surface area contributed by atoms with E-state index >= 15 is 0 Å². The highest BCUT2D eigenvalue weighted by Crippen LogP contribution is 2.31. The van der Waals surface area contributed by atoms with E-state index in [9.17, 15) is 26.4 Å². The van der Waals surface area contributed by atoms with Crippen molar-refractivity contribution in [2.75, 3.05) is 16.3 Å². The number of nitrogens with zero attached hydrogens (tertiary/aromatic N) is 1. The smallest absolute Gasteiger partial charge is 0.267 e. The highest BCUT2D eigenvalue weighted by molar-refractivity contribution is 7.93. The van der Waals surface area contributed by atoms with Gasteiger partial charge in [-0.05, 0) is 49.4 Å². The average molecular weight is 547 g/mol. The Hall–Kier alpha value is -2.94. The van der Waals surface area contributed by atoms with Gasteiger partial charge in [-0.25, -0.2) is 26.3 Å². The molecule has 0 fully saturated rings. The molecule has 3 N–H and O–H groups in total. The molecule has 182 valence electrons. The van der Waals surface area contributed by atoms with Crippen LogP contribution < -0.4 is 14.8 Å². The molecule has 2 heterocycles. The van der Waals surface area contributed by atoms with Crippen molar-refractivity contribution in [3.8, 4) is 0 Å². The highest BCUT2D eigenvalue weighted by Gasteiger charge is 2.28. The summed E-state index contributed by atoms with van der Waals surface area (Å²) in [6.07, 6.45) is 0.823. The standard InChI is InChI=1S/C19H19ClN4O7S3/c1-9-7-10(2)15(12(8-9)17(25)23-33(4,27)28)21-18(26)16-13(5-6-32-16)34(29,30)24-19-14(20)11(3)22-31-19/h5-8,24H,1-4H3,(H,21,26)(H,23,25). The number of sulfonamides is 2. The molecule has 0 saturated heterocycles. The molecule has 0 aliphatic carbocycles. The van der Waals surface area contributed by atoms with Crippen LogP contribution >= 0.6 is 22.9 Å². The van der Waals surface area contributed by atoms with E-state index in [1.54, 1.807) is 19.9 Å². The Morgan fingerprint density at radius 2 is 1.76 bits per heavy atom. The summed E-state index contributed by atoms with van der Waals surface area (Å²) in [6.45, 7) is 4.83. The molecule has 3 rings (SSSR count). The van der Waals surface area contributed by atoms with Gasteiger partial charge in [0, 0.05) is 0 Å². The van der Waals surface area contributed by atoms with E-state index in [2.05, 4.69) is 15.2 Å². The van der Waals surface area contributed by atoms with Crippen LogP contribution in [0.25, 0.3) is 0 Å². The number of amides is 2. The maximum atomic E-state index is 13.1. The third-order valence-electron chi connectivity index (χ3n) is 4.38. The molecule has 0 spiro atoms.